The standard InChI is InChI=1S/C23H33N5O2.HI/c1-24-23(25-12-11-18-8-6-9-19(16-18)22(29)27(2)3)26-17-20(21-10-7-15-30-21)28-13-4-5-14-28;/h6-10,15-16,20H,4-5,11-14,17H2,1-3H3,(H2,24,25,26);1H. The zero-order valence-electron chi connectivity index (χ0n) is 18.6. The van der Waals surface area contributed by atoms with Gasteiger partial charge in [0.25, 0.3) is 5.91 Å². The monoisotopic (exact) mass is 539 g/mol. The molecule has 2 N–H and O–H groups in total. The molecular formula is C23H34IN5O2. The van der Waals surface area contributed by atoms with Crippen LogP contribution in [0.5, 0.6) is 0 Å². The Morgan fingerprint density at radius 3 is 2.61 bits per heavy atom. The third-order valence-electron chi connectivity index (χ3n) is 5.43. The maximum Gasteiger partial charge on any atom is 0.253 e. The summed E-state index contributed by atoms with van der Waals surface area (Å²) in [5.74, 6) is 1.78. The minimum atomic E-state index is 0. The summed E-state index contributed by atoms with van der Waals surface area (Å²) in [5.41, 5.74) is 1.84. The molecule has 8 heteroatoms. The Kier molecular flexibility index (Phi) is 10.3. The van der Waals surface area contributed by atoms with Gasteiger partial charge >= 0.3 is 0 Å². The van der Waals surface area contributed by atoms with E-state index >= 15 is 0 Å². The molecule has 0 radical (unpaired) electrons. The van der Waals surface area contributed by atoms with Gasteiger partial charge in [0, 0.05) is 39.8 Å². The van der Waals surface area contributed by atoms with Crippen molar-refractivity contribution in [3.8, 4) is 0 Å². The number of amides is 1. The summed E-state index contributed by atoms with van der Waals surface area (Å²) in [4.78, 5) is 20.6. The van der Waals surface area contributed by atoms with Gasteiger partial charge in [0.2, 0.25) is 0 Å². The van der Waals surface area contributed by atoms with E-state index in [1.807, 2.05) is 36.4 Å². The molecule has 31 heavy (non-hydrogen) atoms. The summed E-state index contributed by atoms with van der Waals surface area (Å²) in [6.07, 6.45) is 5.02. The largest absolute Gasteiger partial charge is 0.468 e. The highest BCUT2D eigenvalue weighted by atomic mass is 127. The fourth-order valence-electron chi connectivity index (χ4n) is 3.80. The van der Waals surface area contributed by atoms with Crippen LogP contribution in [0, 0.1) is 0 Å². The number of guanidine groups is 1. The van der Waals surface area contributed by atoms with Crippen molar-refractivity contribution in [2.75, 3.05) is 47.3 Å². The van der Waals surface area contributed by atoms with E-state index < -0.39 is 0 Å². The van der Waals surface area contributed by atoms with Gasteiger partial charge in [-0.3, -0.25) is 14.7 Å². The number of nitrogens with zero attached hydrogens (tertiary/aromatic N) is 3. The first-order valence-corrected chi connectivity index (χ1v) is 10.6. The van der Waals surface area contributed by atoms with E-state index in [1.165, 1.54) is 12.8 Å². The number of hydrogen-bond acceptors (Lipinski definition) is 4. The van der Waals surface area contributed by atoms with Crippen molar-refractivity contribution < 1.29 is 9.21 Å². The molecule has 7 nitrogen and oxygen atoms in total. The van der Waals surface area contributed by atoms with E-state index in [4.69, 9.17) is 4.42 Å². The topological polar surface area (TPSA) is 73.1 Å². The van der Waals surface area contributed by atoms with Gasteiger partial charge in [-0.15, -0.1) is 24.0 Å². The molecule has 3 rings (SSSR count). The molecule has 1 aliphatic rings. The Morgan fingerprint density at radius 2 is 1.97 bits per heavy atom. The minimum absolute atomic E-state index is 0. The second-order valence-electron chi connectivity index (χ2n) is 7.80. The highest BCUT2D eigenvalue weighted by molar-refractivity contribution is 14.0. The number of likely N-dealkylation sites (tertiary alicyclic amines) is 1. The van der Waals surface area contributed by atoms with Crippen LogP contribution in [-0.2, 0) is 6.42 Å². The van der Waals surface area contributed by atoms with Gasteiger partial charge in [-0.05, 0) is 62.2 Å². The van der Waals surface area contributed by atoms with Crippen LogP contribution in [0.3, 0.4) is 0 Å². The second kappa shape index (κ2) is 12.7. The molecule has 1 amide bonds. The maximum absolute atomic E-state index is 12.1. The van der Waals surface area contributed by atoms with Crippen molar-refractivity contribution in [1.29, 1.82) is 0 Å². The summed E-state index contributed by atoms with van der Waals surface area (Å²) in [7, 11) is 5.32. The van der Waals surface area contributed by atoms with Gasteiger partial charge in [0.15, 0.2) is 5.96 Å². The van der Waals surface area contributed by atoms with Crippen LogP contribution in [0.2, 0.25) is 0 Å². The number of halogens is 1. The van der Waals surface area contributed by atoms with Crippen LogP contribution in [0.4, 0.5) is 0 Å². The molecule has 1 aromatic heterocycles. The molecule has 0 spiro atoms. The SMILES string of the molecule is CN=C(NCCc1cccc(C(=O)N(C)C)c1)NCC(c1ccco1)N1CCCC1.I. The van der Waals surface area contributed by atoms with Crippen LogP contribution in [-0.4, -0.2) is 69.0 Å². The molecule has 1 aliphatic heterocycles. The first-order chi connectivity index (χ1) is 14.6. The van der Waals surface area contributed by atoms with Crippen LogP contribution in [0.25, 0.3) is 0 Å². The summed E-state index contributed by atoms with van der Waals surface area (Å²) < 4.78 is 5.69. The lowest BCUT2D eigenvalue weighted by Gasteiger charge is -2.26. The molecule has 1 aromatic carbocycles. The minimum Gasteiger partial charge on any atom is -0.468 e. The predicted octanol–water partition coefficient (Wildman–Crippen LogP) is 3.14. The first kappa shape index (κ1) is 25.2. The predicted molar refractivity (Wildman–Crippen MR) is 135 cm³/mol. The van der Waals surface area contributed by atoms with Crippen molar-refractivity contribution >= 4 is 35.8 Å². The molecule has 1 unspecified atom stereocenters. The summed E-state index contributed by atoms with van der Waals surface area (Å²) in [6, 6.07) is 12.0. The molecule has 2 aromatic rings. The molecular weight excluding hydrogens is 505 g/mol. The van der Waals surface area contributed by atoms with Crippen molar-refractivity contribution in [2.24, 2.45) is 4.99 Å². The fraction of sp³-hybridized carbons (Fsp3) is 0.478. The Bertz CT molecular complexity index is 832. The van der Waals surface area contributed by atoms with E-state index in [-0.39, 0.29) is 35.9 Å². The van der Waals surface area contributed by atoms with Gasteiger partial charge in [0.1, 0.15) is 5.76 Å². The number of furan rings is 1. The van der Waals surface area contributed by atoms with Gasteiger partial charge in [0.05, 0.1) is 12.3 Å². The van der Waals surface area contributed by atoms with Gasteiger partial charge in [-0.25, -0.2) is 0 Å². The van der Waals surface area contributed by atoms with E-state index in [2.05, 4.69) is 20.5 Å². The van der Waals surface area contributed by atoms with Crippen LogP contribution < -0.4 is 10.6 Å². The summed E-state index contributed by atoms with van der Waals surface area (Å²) >= 11 is 0. The first-order valence-electron chi connectivity index (χ1n) is 10.6. The maximum atomic E-state index is 12.1. The second-order valence-corrected chi connectivity index (χ2v) is 7.80. The Balaban J connectivity index is 0.00000341. The van der Waals surface area contributed by atoms with E-state index in [9.17, 15) is 4.79 Å². The molecule has 170 valence electrons. The number of aliphatic imine (C=N–C) groups is 1. The van der Waals surface area contributed by atoms with Crippen molar-refractivity contribution in [1.82, 2.24) is 20.4 Å². The zero-order chi connectivity index (χ0) is 21.3. The lowest BCUT2D eigenvalue weighted by molar-refractivity contribution is 0.0827. The smallest absolute Gasteiger partial charge is 0.253 e. The van der Waals surface area contributed by atoms with Crippen molar-refractivity contribution in [2.45, 2.75) is 25.3 Å². The zero-order valence-corrected chi connectivity index (χ0v) is 21.0. The third kappa shape index (κ3) is 7.24. The van der Waals surface area contributed by atoms with Gasteiger partial charge in [-0.1, -0.05) is 12.1 Å². The highest BCUT2D eigenvalue weighted by Gasteiger charge is 2.25. The van der Waals surface area contributed by atoms with E-state index in [0.29, 0.717) is 5.56 Å². The molecule has 1 fully saturated rings. The Hall–Kier alpha value is -2.07. The van der Waals surface area contributed by atoms with Crippen LogP contribution in [0.1, 0.15) is 40.6 Å². The molecule has 0 saturated carbocycles. The summed E-state index contributed by atoms with van der Waals surface area (Å²) in [6.45, 7) is 3.66. The van der Waals surface area contributed by atoms with Crippen LogP contribution in [0.15, 0.2) is 52.1 Å². The molecule has 0 aliphatic carbocycles. The highest BCUT2D eigenvalue weighted by Crippen LogP contribution is 2.24. The van der Waals surface area contributed by atoms with Crippen molar-refractivity contribution in [3.63, 3.8) is 0 Å². The van der Waals surface area contributed by atoms with E-state index in [0.717, 1.165) is 49.9 Å². The van der Waals surface area contributed by atoms with Gasteiger partial charge < -0.3 is 20.0 Å². The molecule has 2 heterocycles. The Labute approximate surface area is 202 Å². The molecule has 0 bridgehead atoms. The summed E-state index contributed by atoms with van der Waals surface area (Å²) in [5, 5.41) is 6.82. The lowest BCUT2D eigenvalue weighted by atomic mass is 10.1. The van der Waals surface area contributed by atoms with Crippen molar-refractivity contribution in [3.05, 3.63) is 59.5 Å². The average molecular weight is 539 g/mol. The molecule has 1 atom stereocenters. The van der Waals surface area contributed by atoms with Crippen LogP contribution >= 0.6 is 24.0 Å². The third-order valence-corrected chi connectivity index (χ3v) is 5.43. The number of nitrogens with one attached hydrogen (secondary N) is 2. The number of benzene rings is 1. The average Bonchev–Trinajstić information content (AvgIpc) is 3.47. The lowest BCUT2D eigenvalue weighted by Crippen LogP contribution is -2.43. The molecule has 1 saturated heterocycles. The van der Waals surface area contributed by atoms with Gasteiger partial charge in [-0.2, -0.15) is 0 Å². The Morgan fingerprint density at radius 1 is 1.19 bits per heavy atom. The number of carbonyl (C=O) groups excluding carboxylic acids is 1. The normalized spacial score (nSPS) is 15.3. The van der Waals surface area contributed by atoms with E-state index in [1.54, 1.807) is 32.3 Å². The number of rotatable bonds is 8. The number of hydrogen-bond donors (Lipinski definition) is 2. The number of carbonyl (C=O) groups is 1. The quantitative estimate of drug-likeness (QED) is 0.307. The fourth-order valence-corrected chi connectivity index (χ4v) is 3.80.